The van der Waals surface area contributed by atoms with Crippen molar-refractivity contribution in [3.05, 3.63) is 29.6 Å². The maximum Gasteiger partial charge on any atom is 0.226 e. The number of hydrogen-bond donors (Lipinski definition) is 0. The van der Waals surface area contributed by atoms with Crippen LogP contribution in [0.3, 0.4) is 0 Å². The molecule has 0 aliphatic carbocycles. The van der Waals surface area contributed by atoms with E-state index in [1.165, 1.54) is 6.07 Å². The summed E-state index contributed by atoms with van der Waals surface area (Å²) < 4.78 is 44.8. The van der Waals surface area contributed by atoms with Crippen LogP contribution in [0.1, 0.15) is 46.1 Å². The van der Waals surface area contributed by atoms with E-state index in [4.69, 9.17) is 4.74 Å². The average Bonchev–Trinajstić information content (AvgIpc) is 2.67. The lowest BCUT2D eigenvalue weighted by Crippen LogP contribution is -2.45. The van der Waals surface area contributed by atoms with E-state index >= 15 is 0 Å². The fourth-order valence-electron chi connectivity index (χ4n) is 4.45. The Balaban J connectivity index is 1.55. The van der Waals surface area contributed by atoms with Crippen LogP contribution in [0.4, 0.5) is 10.1 Å². The number of piperidine rings is 1. The Morgan fingerprint density at radius 1 is 1.16 bits per heavy atom. The standard InChI is InChI=1S/C23H35FN2O4S/c1-16(2)31(28,29)15-19-7-9-25(10-8-19)23(27)12-20-5-6-22(21(24)11-20)26-13-17(3)30-18(4)14-26/h5-6,11,16-19H,7-10,12-15H2,1-4H3/t17-,18+. The van der Waals surface area contributed by atoms with Crippen LogP contribution in [0.25, 0.3) is 0 Å². The first-order valence-electron chi connectivity index (χ1n) is 11.2. The van der Waals surface area contributed by atoms with Gasteiger partial charge in [0.05, 0.1) is 35.3 Å². The summed E-state index contributed by atoms with van der Waals surface area (Å²) in [6.45, 7) is 9.77. The minimum Gasteiger partial charge on any atom is -0.372 e. The van der Waals surface area contributed by atoms with Crippen molar-refractivity contribution in [2.24, 2.45) is 5.92 Å². The highest BCUT2D eigenvalue weighted by Crippen LogP contribution is 2.26. The van der Waals surface area contributed by atoms with E-state index in [1.807, 2.05) is 24.8 Å². The van der Waals surface area contributed by atoms with Crippen LogP contribution in [0.2, 0.25) is 0 Å². The van der Waals surface area contributed by atoms with Crippen LogP contribution in [-0.2, 0) is 25.8 Å². The van der Waals surface area contributed by atoms with E-state index in [9.17, 15) is 17.6 Å². The lowest BCUT2D eigenvalue weighted by atomic mass is 9.98. The molecule has 0 unspecified atom stereocenters. The summed E-state index contributed by atoms with van der Waals surface area (Å²) in [7, 11) is -3.07. The highest BCUT2D eigenvalue weighted by Gasteiger charge is 2.28. The zero-order valence-corrected chi connectivity index (χ0v) is 19.8. The Hall–Kier alpha value is -1.67. The minimum absolute atomic E-state index is 0.0362. The summed E-state index contributed by atoms with van der Waals surface area (Å²) in [6.07, 6.45) is 1.63. The predicted octanol–water partition coefficient (Wildman–Crippen LogP) is 3.04. The summed E-state index contributed by atoms with van der Waals surface area (Å²) in [5, 5.41) is -0.367. The molecule has 31 heavy (non-hydrogen) atoms. The smallest absolute Gasteiger partial charge is 0.226 e. The van der Waals surface area contributed by atoms with Crippen molar-refractivity contribution in [1.82, 2.24) is 4.90 Å². The van der Waals surface area contributed by atoms with Crippen LogP contribution in [0.15, 0.2) is 18.2 Å². The van der Waals surface area contributed by atoms with Crippen molar-refractivity contribution in [3.8, 4) is 0 Å². The zero-order valence-electron chi connectivity index (χ0n) is 19.0. The number of anilines is 1. The van der Waals surface area contributed by atoms with Gasteiger partial charge >= 0.3 is 0 Å². The molecule has 6 nitrogen and oxygen atoms in total. The molecule has 0 saturated carbocycles. The highest BCUT2D eigenvalue weighted by atomic mass is 32.2. The highest BCUT2D eigenvalue weighted by molar-refractivity contribution is 7.91. The molecule has 0 bridgehead atoms. The third-order valence-electron chi connectivity index (χ3n) is 6.28. The predicted molar refractivity (Wildman–Crippen MR) is 121 cm³/mol. The van der Waals surface area contributed by atoms with Crippen molar-refractivity contribution >= 4 is 21.4 Å². The van der Waals surface area contributed by atoms with Crippen molar-refractivity contribution < 1.29 is 22.3 Å². The zero-order chi connectivity index (χ0) is 22.8. The summed E-state index contributed by atoms with van der Waals surface area (Å²) in [4.78, 5) is 16.5. The Morgan fingerprint density at radius 3 is 2.32 bits per heavy atom. The van der Waals surface area contributed by atoms with Gasteiger partial charge in [-0.25, -0.2) is 12.8 Å². The molecule has 2 atom stereocenters. The molecule has 1 aromatic carbocycles. The summed E-state index contributed by atoms with van der Waals surface area (Å²) >= 11 is 0. The molecule has 2 aliphatic heterocycles. The van der Waals surface area contributed by atoms with E-state index in [2.05, 4.69) is 0 Å². The number of carbonyl (C=O) groups is 1. The van der Waals surface area contributed by atoms with Crippen molar-refractivity contribution in [2.45, 2.75) is 64.4 Å². The Bertz CT molecular complexity index is 872. The number of sulfone groups is 1. The summed E-state index contributed by atoms with van der Waals surface area (Å²) in [5.74, 6) is -0.0559. The van der Waals surface area contributed by atoms with Crippen molar-refractivity contribution in [2.75, 3.05) is 36.8 Å². The third kappa shape index (κ3) is 6.19. The number of carbonyl (C=O) groups excluding carboxylic acids is 1. The SMILES string of the molecule is CC(C)S(=O)(=O)CC1CCN(C(=O)Cc2ccc(N3C[C@@H](C)O[C@@H](C)C3)c(F)c2)CC1. The molecular formula is C23H35FN2O4S. The van der Waals surface area contributed by atoms with Gasteiger partial charge in [0.1, 0.15) is 5.82 Å². The number of hydrogen-bond acceptors (Lipinski definition) is 5. The van der Waals surface area contributed by atoms with Crippen LogP contribution >= 0.6 is 0 Å². The maximum absolute atomic E-state index is 14.8. The summed E-state index contributed by atoms with van der Waals surface area (Å²) in [5.41, 5.74) is 1.20. The topological polar surface area (TPSA) is 66.9 Å². The molecule has 0 aromatic heterocycles. The second-order valence-electron chi connectivity index (χ2n) is 9.33. The number of halogens is 1. The molecule has 8 heteroatoms. The molecule has 2 saturated heterocycles. The first-order chi connectivity index (χ1) is 14.5. The van der Waals surface area contributed by atoms with Gasteiger partial charge in [0.25, 0.3) is 0 Å². The number of rotatable bonds is 6. The molecule has 2 aliphatic rings. The lowest BCUT2D eigenvalue weighted by molar-refractivity contribution is -0.131. The molecule has 0 N–H and O–H groups in total. The van der Waals surface area contributed by atoms with Gasteiger partial charge in [-0.2, -0.15) is 0 Å². The molecule has 1 amide bonds. The number of nitrogens with zero attached hydrogens (tertiary/aromatic N) is 2. The maximum atomic E-state index is 14.8. The molecule has 2 heterocycles. The average molecular weight is 455 g/mol. The van der Waals surface area contributed by atoms with Gasteiger partial charge in [0, 0.05) is 26.2 Å². The van der Waals surface area contributed by atoms with E-state index in [1.54, 1.807) is 24.8 Å². The van der Waals surface area contributed by atoms with Crippen LogP contribution in [-0.4, -0.2) is 68.6 Å². The lowest BCUT2D eigenvalue weighted by Gasteiger charge is -2.37. The fourth-order valence-corrected chi connectivity index (χ4v) is 5.82. The van der Waals surface area contributed by atoms with Crippen LogP contribution in [0.5, 0.6) is 0 Å². The van der Waals surface area contributed by atoms with Gasteiger partial charge in [0.2, 0.25) is 5.91 Å². The Labute approximate surface area is 185 Å². The molecule has 3 rings (SSSR count). The number of likely N-dealkylation sites (tertiary alicyclic amines) is 1. The number of amides is 1. The molecular weight excluding hydrogens is 419 g/mol. The van der Waals surface area contributed by atoms with E-state index in [-0.39, 0.29) is 47.3 Å². The molecule has 0 radical (unpaired) electrons. The molecule has 0 spiro atoms. The van der Waals surface area contributed by atoms with Crippen molar-refractivity contribution in [1.29, 1.82) is 0 Å². The second-order valence-corrected chi connectivity index (χ2v) is 11.9. The van der Waals surface area contributed by atoms with E-state index < -0.39 is 9.84 Å². The summed E-state index contributed by atoms with van der Waals surface area (Å²) in [6, 6.07) is 5.04. The van der Waals surface area contributed by atoms with Gasteiger partial charge in [-0.05, 0) is 64.2 Å². The van der Waals surface area contributed by atoms with Gasteiger partial charge < -0.3 is 14.5 Å². The molecule has 174 valence electrons. The minimum atomic E-state index is -3.07. The second kappa shape index (κ2) is 9.86. The third-order valence-corrected chi connectivity index (χ3v) is 8.65. The van der Waals surface area contributed by atoms with Gasteiger partial charge in [-0.3, -0.25) is 4.79 Å². The van der Waals surface area contributed by atoms with Gasteiger partial charge in [-0.15, -0.1) is 0 Å². The first-order valence-corrected chi connectivity index (χ1v) is 12.9. The van der Waals surface area contributed by atoms with Crippen LogP contribution < -0.4 is 4.90 Å². The molecule has 1 aromatic rings. The van der Waals surface area contributed by atoms with E-state index in [0.29, 0.717) is 50.3 Å². The Kier molecular flexibility index (Phi) is 7.63. The van der Waals surface area contributed by atoms with Gasteiger partial charge in [-0.1, -0.05) is 6.07 Å². The largest absolute Gasteiger partial charge is 0.372 e. The van der Waals surface area contributed by atoms with Gasteiger partial charge in [0.15, 0.2) is 9.84 Å². The monoisotopic (exact) mass is 454 g/mol. The normalized spacial score (nSPS) is 23.4. The number of ether oxygens (including phenoxy) is 1. The number of morpholine rings is 1. The van der Waals surface area contributed by atoms with E-state index in [0.717, 1.165) is 0 Å². The Morgan fingerprint density at radius 2 is 1.77 bits per heavy atom. The quantitative estimate of drug-likeness (QED) is 0.661. The molecule has 2 fully saturated rings. The first kappa shape index (κ1) is 24.0. The fraction of sp³-hybridized carbons (Fsp3) is 0.696. The number of benzene rings is 1. The van der Waals surface area contributed by atoms with Crippen molar-refractivity contribution in [3.63, 3.8) is 0 Å². The van der Waals surface area contributed by atoms with Crippen LogP contribution in [0, 0.1) is 11.7 Å².